The molecule has 2 amide bonds. The molecule has 2 aliphatic carbocycles. The largest absolute Gasteiger partial charge is 0.445 e. The second-order valence-electron chi connectivity index (χ2n) is 14.2. The third-order valence-corrected chi connectivity index (χ3v) is 10.3. The number of aryl methyl sites for hydroxylation is 1. The first-order valence-corrected chi connectivity index (χ1v) is 17.5. The van der Waals surface area contributed by atoms with E-state index in [-0.39, 0.29) is 47.6 Å². The zero-order chi connectivity index (χ0) is 35.1. The van der Waals surface area contributed by atoms with Crippen LogP contribution in [0.1, 0.15) is 43.7 Å². The van der Waals surface area contributed by atoms with E-state index in [1.165, 1.54) is 6.07 Å². The lowest BCUT2D eigenvalue weighted by atomic mass is 9.96. The van der Waals surface area contributed by atoms with Gasteiger partial charge in [-0.25, -0.2) is 24.1 Å². The highest BCUT2D eigenvalue weighted by Crippen LogP contribution is 2.70. The molecule has 3 atom stereocenters. The molecule has 2 saturated carbocycles. The van der Waals surface area contributed by atoms with Gasteiger partial charge >= 0.3 is 6.09 Å². The first-order valence-electron chi connectivity index (χ1n) is 17.5. The number of hydrogen-bond donors (Lipinski definition) is 2. The second-order valence-corrected chi connectivity index (χ2v) is 14.2. The summed E-state index contributed by atoms with van der Waals surface area (Å²) < 4.78 is 27.3. The fourth-order valence-corrected chi connectivity index (χ4v) is 7.31. The number of benzene rings is 3. The number of ether oxygens (including phenoxy) is 2. The second kappa shape index (κ2) is 13.3. The highest BCUT2D eigenvalue weighted by molar-refractivity contribution is 6.06. The summed E-state index contributed by atoms with van der Waals surface area (Å²) in [7, 11) is 0. The van der Waals surface area contributed by atoms with Crippen molar-refractivity contribution in [1.82, 2.24) is 19.9 Å². The molecule has 3 aromatic carbocycles. The average Bonchev–Trinajstić information content (AvgIpc) is 4.07. The number of likely N-dealkylation sites (tertiary alicyclic amines) is 1. The molecule has 8 rings (SSSR count). The van der Waals surface area contributed by atoms with Crippen molar-refractivity contribution in [2.75, 3.05) is 23.7 Å². The lowest BCUT2D eigenvalue weighted by molar-refractivity contribution is -0.117. The Bertz CT molecular complexity index is 2120. The van der Waals surface area contributed by atoms with E-state index >= 15 is 4.39 Å². The van der Waals surface area contributed by atoms with Crippen LogP contribution >= 0.6 is 0 Å². The number of anilines is 2. The highest BCUT2D eigenvalue weighted by atomic mass is 19.1. The Morgan fingerprint density at radius 2 is 1.78 bits per heavy atom. The molecule has 2 aromatic heterocycles. The molecule has 260 valence electrons. The topological polar surface area (TPSA) is 119 Å². The summed E-state index contributed by atoms with van der Waals surface area (Å²) >= 11 is 0. The van der Waals surface area contributed by atoms with Gasteiger partial charge in [0.25, 0.3) is 0 Å². The molecule has 2 N–H and O–H groups in total. The lowest BCUT2D eigenvalue weighted by Gasteiger charge is -2.36. The zero-order valence-corrected chi connectivity index (χ0v) is 28.6. The number of hydrogen-bond acceptors (Lipinski definition) is 8. The van der Waals surface area contributed by atoms with E-state index in [2.05, 4.69) is 27.5 Å². The SMILES string of the molecule is Cc1ccc2c(NC(=O)[C@H]3CC34CC4)c(F)ccc2c1Oc1ncccc1-c1ccnc(N[C@H]2C[C@@H](C)CN(C(=O)OCc3ccccc3)C2)n1. The first kappa shape index (κ1) is 32.6. The summed E-state index contributed by atoms with van der Waals surface area (Å²) in [5, 5.41) is 7.52. The van der Waals surface area contributed by atoms with Crippen molar-refractivity contribution < 1.29 is 23.5 Å². The van der Waals surface area contributed by atoms with Crippen LogP contribution in [0.15, 0.2) is 85.2 Å². The van der Waals surface area contributed by atoms with E-state index in [4.69, 9.17) is 14.5 Å². The molecule has 3 aliphatic rings. The number of nitrogens with one attached hydrogen (secondary N) is 2. The number of amides is 2. The van der Waals surface area contributed by atoms with Gasteiger partial charge in [0.1, 0.15) is 18.2 Å². The molecule has 51 heavy (non-hydrogen) atoms. The van der Waals surface area contributed by atoms with Gasteiger partial charge in [-0.2, -0.15) is 0 Å². The van der Waals surface area contributed by atoms with Crippen LogP contribution in [0.3, 0.4) is 0 Å². The number of nitrogens with zero attached hydrogens (tertiary/aromatic N) is 4. The van der Waals surface area contributed by atoms with Gasteiger partial charge in [-0.3, -0.25) is 4.79 Å². The van der Waals surface area contributed by atoms with Crippen LogP contribution in [0, 0.1) is 30.0 Å². The summed E-state index contributed by atoms with van der Waals surface area (Å²) in [6.45, 7) is 5.31. The van der Waals surface area contributed by atoms with Crippen molar-refractivity contribution in [3.63, 3.8) is 0 Å². The van der Waals surface area contributed by atoms with Gasteiger partial charge in [0, 0.05) is 48.2 Å². The van der Waals surface area contributed by atoms with Gasteiger partial charge in [-0.05, 0) is 85.4 Å². The number of pyridine rings is 1. The first-order chi connectivity index (χ1) is 24.8. The molecule has 1 saturated heterocycles. The Kier molecular flexibility index (Phi) is 8.49. The van der Waals surface area contributed by atoms with Crippen molar-refractivity contribution in [1.29, 1.82) is 0 Å². The minimum Gasteiger partial charge on any atom is -0.445 e. The molecule has 5 aromatic rings. The molecule has 11 heteroatoms. The maximum absolute atomic E-state index is 15.2. The van der Waals surface area contributed by atoms with Crippen LogP contribution < -0.4 is 15.4 Å². The van der Waals surface area contributed by atoms with Crippen molar-refractivity contribution in [3.05, 3.63) is 102 Å². The fourth-order valence-electron chi connectivity index (χ4n) is 7.31. The summed E-state index contributed by atoms with van der Waals surface area (Å²) in [6.07, 6.45) is 6.82. The molecule has 0 bridgehead atoms. The Balaban J connectivity index is 1.00. The fraction of sp³-hybridized carbons (Fsp3) is 0.325. The number of piperidine rings is 1. The lowest BCUT2D eigenvalue weighted by Crippen LogP contribution is -2.48. The average molecular weight is 687 g/mol. The van der Waals surface area contributed by atoms with Gasteiger partial charge in [0.2, 0.25) is 17.7 Å². The quantitative estimate of drug-likeness (QED) is 0.160. The van der Waals surface area contributed by atoms with Gasteiger partial charge < -0.3 is 25.0 Å². The van der Waals surface area contributed by atoms with Crippen LogP contribution in [0.2, 0.25) is 0 Å². The van der Waals surface area contributed by atoms with Crippen molar-refractivity contribution >= 4 is 34.4 Å². The van der Waals surface area contributed by atoms with E-state index in [1.807, 2.05) is 61.5 Å². The molecule has 1 aliphatic heterocycles. The molecule has 3 fully saturated rings. The predicted octanol–water partition coefficient (Wildman–Crippen LogP) is 8.13. The van der Waals surface area contributed by atoms with Gasteiger partial charge in [-0.1, -0.05) is 49.4 Å². The normalized spacial score (nSPS) is 20.1. The molecular weight excluding hydrogens is 647 g/mol. The molecule has 0 unspecified atom stereocenters. The van der Waals surface area contributed by atoms with Gasteiger partial charge in [0.05, 0.1) is 16.9 Å². The third-order valence-electron chi connectivity index (χ3n) is 10.3. The van der Waals surface area contributed by atoms with Crippen molar-refractivity contribution in [2.24, 2.45) is 17.3 Å². The van der Waals surface area contributed by atoms with Crippen LogP contribution in [0.25, 0.3) is 22.0 Å². The van der Waals surface area contributed by atoms with E-state index in [0.29, 0.717) is 52.7 Å². The molecule has 1 spiro atoms. The number of carbonyl (C=O) groups is 2. The molecule has 0 radical (unpaired) electrons. The number of carbonyl (C=O) groups excluding carboxylic acids is 2. The monoisotopic (exact) mass is 686 g/mol. The minimum atomic E-state index is -0.491. The van der Waals surface area contributed by atoms with Crippen molar-refractivity contribution in [2.45, 2.75) is 52.2 Å². The summed E-state index contributed by atoms with van der Waals surface area (Å²) in [4.78, 5) is 41.6. The molecule has 3 heterocycles. The molecule has 10 nitrogen and oxygen atoms in total. The standard InChI is InChI=1S/C40H39FN6O4/c1-24-19-27(22-47(21-24)39(49)50-23-26-7-4-3-5-8-26)44-38-43-18-14-33(45-38)30-9-6-17-42-37(30)51-35-25(2)10-11-28-29(35)12-13-32(41)34(28)46-36(48)31-20-40(31)15-16-40/h3-14,17-18,24,27,31H,15-16,19-23H2,1-2H3,(H,46,48)(H,43,44,45)/t24-,27+,31-/m1/s1. The Labute approximate surface area is 295 Å². The maximum Gasteiger partial charge on any atom is 0.410 e. The highest BCUT2D eigenvalue weighted by Gasteiger charge is 2.65. The number of fused-ring (bicyclic) bond motifs is 1. The van der Waals surface area contributed by atoms with E-state index < -0.39 is 5.82 Å². The summed E-state index contributed by atoms with van der Waals surface area (Å²) in [5.41, 5.74) is 3.32. The van der Waals surface area contributed by atoms with Crippen LogP contribution in [0.5, 0.6) is 11.6 Å². The van der Waals surface area contributed by atoms with Crippen LogP contribution in [-0.4, -0.2) is 51.0 Å². The van der Waals surface area contributed by atoms with E-state index in [0.717, 1.165) is 36.8 Å². The van der Waals surface area contributed by atoms with E-state index in [9.17, 15) is 9.59 Å². The zero-order valence-electron chi connectivity index (χ0n) is 28.6. The van der Waals surface area contributed by atoms with Crippen LogP contribution in [-0.2, 0) is 16.1 Å². The minimum absolute atomic E-state index is 0.0430. The van der Waals surface area contributed by atoms with Gasteiger partial charge in [0.15, 0.2) is 0 Å². The predicted molar refractivity (Wildman–Crippen MR) is 192 cm³/mol. The van der Waals surface area contributed by atoms with Crippen LogP contribution in [0.4, 0.5) is 20.8 Å². The molecular formula is C40H39FN6O4. The summed E-state index contributed by atoms with van der Waals surface area (Å²) in [6, 6.07) is 21.7. The Morgan fingerprint density at radius 3 is 2.59 bits per heavy atom. The smallest absolute Gasteiger partial charge is 0.410 e. The number of rotatable bonds is 9. The van der Waals surface area contributed by atoms with Gasteiger partial charge in [-0.15, -0.1) is 0 Å². The third kappa shape index (κ3) is 6.80. The Morgan fingerprint density at radius 1 is 0.961 bits per heavy atom. The number of halogens is 1. The van der Waals surface area contributed by atoms with E-state index in [1.54, 1.807) is 29.4 Å². The summed E-state index contributed by atoms with van der Waals surface area (Å²) in [5.74, 6) is 0.835. The number of aromatic nitrogens is 3. The van der Waals surface area contributed by atoms with Crippen molar-refractivity contribution in [3.8, 4) is 22.9 Å². The maximum atomic E-state index is 15.2. The Hall–Kier alpha value is -5.58.